The van der Waals surface area contributed by atoms with E-state index in [4.69, 9.17) is 9.72 Å². The van der Waals surface area contributed by atoms with Gasteiger partial charge in [0.15, 0.2) is 5.13 Å². The number of hydrogen-bond acceptors (Lipinski definition) is 5. The molecule has 2 heterocycles. The lowest BCUT2D eigenvalue weighted by Gasteiger charge is -2.36. The second-order valence-corrected chi connectivity index (χ2v) is 8.28. The van der Waals surface area contributed by atoms with Crippen LogP contribution in [0.15, 0.2) is 42.5 Å². The molecule has 1 unspecified atom stereocenters. The van der Waals surface area contributed by atoms with E-state index in [1.807, 2.05) is 11.3 Å². The van der Waals surface area contributed by atoms with Crippen molar-refractivity contribution < 1.29 is 4.74 Å². The van der Waals surface area contributed by atoms with Gasteiger partial charge < -0.3 is 9.64 Å². The number of fused-ring (bicyclic) bond motifs is 1. The fourth-order valence-corrected chi connectivity index (χ4v) is 4.77. The van der Waals surface area contributed by atoms with Gasteiger partial charge in [0, 0.05) is 39.8 Å². The monoisotopic (exact) mass is 381 g/mol. The van der Waals surface area contributed by atoms with Crippen LogP contribution in [-0.2, 0) is 4.74 Å². The van der Waals surface area contributed by atoms with Gasteiger partial charge in [0.1, 0.15) is 0 Å². The largest absolute Gasteiger partial charge is 0.375 e. The minimum atomic E-state index is 0.130. The summed E-state index contributed by atoms with van der Waals surface area (Å²) >= 11 is 1.81. The Balaban J connectivity index is 1.41. The number of benzene rings is 2. The molecule has 0 saturated carbocycles. The van der Waals surface area contributed by atoms with Crippen LogP contribution in [0.3, 0.4) is 0 Å². The molecule has 1 saturated heterocycles. The molecule has 1 aromatic heterocycles. The van der Waals surface area contributed by atoms with Crippen molar-refractivity contribution in [1.29, 1.82) is 0 Å². The summed E-state index contributed by atoms with van der Waals surface area (Å²) in [7, 11) is 1.80. The Hall–Kier alpha value is -1.95. The maximum absolute atomic E-state index is 5.75. The third-order valence-corrected chi connectivity index (χ3v) is 6.68. The highest BCUT2D eigenvalue weighted by atomic mass is 32.1. The number of thiazole rings is 1. The fourth-order valence-electron chi connectivity index (χ4n) is 3.69. The summed E-state index contributed by atoms with van der Waals surface area (Å²) in [6.45, 7) is 9.39. The molecule has 27 heavy (non-hydrogen) atoms. The number of nitrogens with zero attached hydrogens (tertiary/aromatic N) is 3. The van der Waals surface area contributed by atoms with E-state index in [0.717, 1.165) is 37.9 Å². The van der Waals surface area contributed by atoms with Gasteiger partial charge in [-0.1, -0.05) is 47.7 Å². The van der Waals surface area contributed by atoms with Gasteiger partial charge in [-0.25, -0.2) is 4.98 Å². The standard InChI is InChI=1S/C22H27N3OS/c1-16-9-10-20-21(17(16)2)23-22(27-20)25-13-11-24(12-14-25)15-19(26-3)18-7-5-4-6-8-18/h4-10,19H,11-15H2,1-3H3. The summed E-state index contributed by atoms with van der Waals surface area (Å²) in [6.07, 6.45) is 0.130. The number of aryl methyl sites for hydroxylation is 2. The molecule has 2 aromatic carbocycles. The second-order valence-electron chi connectivity index (χ2n) is 7.27. The van der Waals surface area contributed by atoms with Gasteiger partial charge in [0.05, 0.1) is 16.3 Å². The predicted molar refractivity (Wildman–Crippen MR) is 114 cm³/mol. The Morgan fingerprint density at radius 2 is 1.78 bits per heavy atom. The Kier molecular flexibility index (Phi) is 5.43. The molecule has 142 valence electrons. The van der Waals surface area contributed by atoms with Gasteiger partial charge in [-0.2, -0.15) is 0 Å². The smallest absolute Gasteiger partial charge is 0.186 e. The molecule has 1 fully saturated rings. The van der Waals surface area contributed by atoms with Crippen LogP contribution in [0.5, 0.6) is 0 Å². The Bertz CT molecular complexity index is 901. The van der Waals surface area contributed by atoms with E-state index in [1.54, 1.807) is 7.11 Å². The van der Waals surface area contributed by atoms with Crippen LogP contribution in [0, 0.1) is 13.8 Å². The average Bonchev–Trinajstić information content (AvgIpc) is 3.15. The molecule has 0 N–H and O–H groups in total. The molecule has 4 rings (SSSR count). The number of rotatable bonds is 5. The van der Waals surface area contributed by atoms with Crippen LogP contribution >= 0.6 is 11.3 Å². The van der Waals surface area contributed by atoms with E-state index in [1.165, 1.54) is 26.9 Å². The van der Waals surface area contributed by atoms with Crippen LogP contribution in [0.1, 0.15) is 22.8 Å². The molecule has 0 amide bonds. The lowest BCUT2D eigenvalue weighted by molar-refractivity contribution is 0.0615. The maximum Gasteiger partial charge on any atom is 0.186 e. The van der Waals surface area contributed by atoms with Crippen molar-refractivity contribution in [2.24, 2.45) is 0 Å². The molecule has 5 heteroatoms. The van der Waals surface area contributed by atoms with Crippen molar-refractivity contribution >= 4 is 26.7 Å². The van der Waals surface area contributed by atoms with Crippen molar-refractivity contribution in [1.82, 2.24) is 9.88 Å². The zero-order valence-electron chi connectivity index (χ0n) is 16.3. The number of hydrogen-bond donors (Lipinski definition) is 0. The van der Waals surface area contributed by atoms with Crippen molar-refractivity contribution in [3.8, 4) is 0 Å². The van der Waals surface area contributed by atoms with E-state index in [0.29, 0.717) is 0 Å². The number of piperazine rings is 1. The predicted octanol–water partition coefficient (Wildman–Crippen LogP) is 4.42. The topological polar surface area (TPSA) is 28.6 Å². The zero-order valence-corrected chi connectivity index (χ0v) is 17.1. The van der Waals surface area contributed by atoms with Crippen molar-refractivity contribution in [2.75, 3.05) is 44.7 Å². The Morgan fingerprint density at radius 1 is 1.04 bits per heavy atom. The third-order valence-electron chi connectivity index (χ3n) is 5.60. The number of anilines is 1. The van der Waals surface area contributed by atoms with Gasteiger partial charge in [-0.15, -0.1) is 0 Å². The molecule has 1 aliphatic rings. The van der Waals surface area contributed by atoms with Gasteiger partial charge in [-0.05, 0) is 36.6 Å². The van der Waals surface area contributed by atoms with Crippen LogP contribution in [0.25, 0.3) is 10.2 Å². The summed E-state index contributed by atoms with van der Waals surface area (Å²) in [5.41, 5.74) is 5.04. The molecule has 0 radical (unpaired) electrons. The molecular formula is C22H27N3OS. The van der Waals surface area contributed by atoms with Gasteiger partial charge in [0.25, 0.3) is 0 Å². The van der Waals surface area contributed by atoms with Crippen LogP contribution < -0.4 is 4.90 Å². The number of aromatic nitrogens is 1. The highest BCUT2D eigenvalue weighted by Gasteiger charge is 2.23. The van der Waals surface area contributed by atoms with E-state index >= 15 is 0 Å². The molecule has 0 bridgehead atoms. The highest BCUT2D eigenvalue weighted by molar-refractivity contribution is 7.22. The third kappa shape index (κ3) is 3.86. The van der Waals surface area contributed by atoms with Crippen LogP contribution in [-0.4, -0.2) is 49.7 Å². The van der Waals surface area contributed by atoms with Crippen LogP contribution in [0.4, 0.5) is 5.13 Å². The minimum Gasteiger partial charge on any atom is -0.375 e. The summed E-state index contributed by atoms with van der Waals surface area (Å²) in [4.78, 5) is 9.88. The van der Waals surface area contributed by atoms with Crippen molar-refractivity contribution in [3.63, 3.8) is 0 Å². The lowest BCUT2D eigenvalue weighted by Crippen LogP contribution is -2.47. The maximum atomic E-state index is 5.75. The quantitative estimate of drug-likeness (QED) is 0.654. The summed E-state index contributed by atoms with van der Waals surface area (Å²) in [5.74, 6) is 0. The Morgan fingerprint density at radius 3 is 2.48 bits per heavy atom. The summed E-state index contributed by atoms with van der Waals surface area (Å²) < 4.78 is 7.04. The molecule has 3 aromatic rings. The summed E-state index contributed by atoms with van der Waals surface area (Å²) in [5, 5.41) is 1.16. The first-order chi connectivity index (χ1) is 13.2. The average molecular weight is 382 g/mol. The van der Waals surface area contributed by atoms with Crippen molar-refractivity contribution in [3.05, 3.63) is 59.2 Å². The SMILES string of the molecule is COC(CN1CCN(c2nc3c(C)c(C)ccc3s2)CC1)c1ccccc1. The van der Waals surface area contributed by atoms with Gasteiger partial charge >= 0.3 is 0 Å². The van der Waals surface area contributed by atoms with E-state index in [-0.39, 0.29) is 6.10 Å². The first-order valence-corrected chi connectivity index (χ1v) is 10.4. The van der Waals surface area contributed by atoms with E-state index < -0.39 is 0 Å². The fraction of sp³-hybridized carbons (Fsp3) is 0.409. The molecule has 0 spiro atoms. The molecule has 1 aliphatic heterocycles. The molecular weight excluding hydrogens is 354 g/mol. The van der Waals surface area contributed by atoms with E-state index in [2.05, 4.69) is 66.1 Å². The number of ether oxygens (including phenoxy) is 1. The molecule has 1 atom stereocenters. The zero-order chi connectivity index (χ0) is 18.8. The first kappa shape index (κ1) is 18.4. The van der Waals surface area contributed by atoms with Crippen LogP contribution in [0.2, 0.25) is 0 Å². The lowest BCUT2D eigenvalue weighted by atomic mass is 10.1. The molecule has 0 aliphatic carbocycles. The normalized spacial score (nSPS) is 16.8. The Labute approximate surface area is 165 Å². The first-order valence-electron chi connectivity index (χ1n) is 9.57. The van der Waals surface area contributed by atoms with Gasteiger partial charge in [0.2, 0.25) is 0 Å². The number of methoxy groups -OCH3 is 1. The van der Waals surface area contributed by atoms with E-state index in [9.17, 15) is 0 Å². The highest BCUT2D eigenvalue weighted by Crippen LogP contribution is 2.32. The molecule has 4 nitrogen and oxygen atoms in total. The van der Waals surface area contributed by atoms with Crippen molar-refractivity contribution in [2.45, 2.75) is 20.0 Å². The van der Waals surface area contributed by atoms with Gasteiger partial charge in [-0.3, -0.25) is 4.90 Å². The summed E-state index contributed by atoms with van der Waals surface area (Å²) in [6, 6.07) is 14.9. The minimum absolute atomic E-state index is 0.130. The second kappa shape index (κ2) is 7.97.